The fraction of sp³-hybridized carbons (Fsp3) is 0.265. The van der Waals surface area contributed by atoms with Crippen LogP contribution in [0.2, 0.25) is 0 Å². The summed E-state index contributed by atoms with van der Waals surface area (Å²) in [6.45, 7) is 11.8. The average Bonchev–Trinajstić information content (AvgIpc) is 1.95. The highest BCUT2D eigenvalue weighted by atomic mass is 16.5. The van der Waals surface area contributed by atoms with E-state index in [9.17, 15) is 43.2 Å². The Morgan fingerprint density at radius 3 is 1.21 bits per heavy atom. The number of ketones is 9. The van der Waals surface area contributed by atoms with Crippen LogP contribution < -0.4 is 11.5 Å². The molecule has 19 heteroatoms. The molecule has 0 radical (unpaired) electrons. The van der Waals surface area contributed by atoms with E-state index >= 15 is 0 Å². The van der Waals surface area contributed by atoms with Crippen LogP contribution in [0.15, 0.2) is 188 Å². The predicted octanol–water partition coefficient (Wildman–Crippen LogP) is 8.86. The molecule has 6 N–H and O–H groups in total. The summed E-state index contributed by atoms with van der Waals surface area (Å²) in [7, 11) is 0. The van der Waals surface area contributed by atoms with Gasteiger partial charge >= 0.3 is 0 Å². The fourth-order valence-corrected chi connectivity index (χ4v) is 12.9. The minimum absolute atomic E-state index is 0.00426. The SMILES string of the molecule is CC1(C)CC(=O)C2=C(C1)OC1=C(C(=O)C(C=N)=C(N)C1=O)C2c1ccc(C#N)cc1.CC1(C)CC(=O)C2=C(C1)OC1=C(C(=O)C(C=N)=C(N)C1=O)C2c1ccccc1.CC1(C)CC(=O)C2=C(C1)OC1=C(C(=O)c3ncncc3C1=O)C2c1ccccc1. The molecule has 0 bridgehead atoms. The summed E-state index contributed by atoms with van der Waals surface area (Å²) in [5.41, 5.74) is 14.0. The first kappa shape index (κ1) is 58.3. The normalized spacial score (nSPS) is 23.2. The van der Waals surface area contributed by atoms with Crippen LogP contribution in [-0.4, -0.2) is 74.4 Å². The molecule has 3 aliphatic heterocycles. The number of rotatable bonds is 5. The second-order valence-corrected chi connectivity index (χ2v) is 24.9. The monoisotopic (exact) mass is 1160 g/mol. The first-order valence-corrected chi connectivity index (χ1v) is 28.0. The zero-order valence-corrected chi connectivity index (χ0v) is 48.3. The van der Waals surface area contributed by atoms with E-state index in [4.69, 9.17) is 41.8 Å². The van der Waals surface area contributed by atoms with Gasteiger partial charge < -0.3 is 36.5 Å². The van der Waals surface area contributed by atoms with E-state index in [2.05, 4.69) is 9.97 Å². The van der Waals surface area contributed by atoms with Crippen molar-refractivity contribution in [3.8, 4) is 6.07 Å². The molecule has 3 aromatic carbocycles. The number of hydrogen-bond donors (Lipinski definition) is 4. The number of nitriles is 1. The molecule has 87 heavy (non-hydrogen) atoms. The van der Waals surface area contributed by atoms with E-state index in [-0.39, 0.29) is 108 Å². The van der Waals surface area contributed by atoms with Crippen LogP contribution in [0.4, 0.5) is 0 Å². The van der Waals surface area contributed by atoms with Crippen LogP contribution in [-0.2, 0) is 47.8 Å². The molecule has 9 aliphatic rings. The van der Waals surface area contributed by atoms with E-state index < -0.39 is 52.5 Å². The number of benzene rings is 3. The molecule has 13 rings (SSSR count). The quantitative estimate of drug-likeness (QED) is 0.107. The maximum atomic E-state index is 13.4. The molecule has 4 aromatic rings. The Labute approximate surface area is 499 Å². The van der Waals surface area contributed by atoms with Crippen molar-refractivity contribution < 1.29 is 57.4 Å². The molecule has 0 saturated carbocycles. The molecule has 4 heterocycles. The molecule has 3 atom stereocenters. The van der Waals surface area contributed by atoms with E-state index in [0.717, 1.165) is 23.6 Å². The van der Waals surface area contributed by atoms with Crippen molar-refractivity contribution in [2.75, 3.05) is 0 Å². The number of ether oxygens (including phenoxy) is 3. The summed E-state index contributed by atoms with van der Waals surface area (Å²) in [6.07, 6.45) is 6.54. The van der Waals surface area contributed by atoms with Gasteiger partial charge in [-0.2, -0.15) is 5.26 Å². The minimum atomic E-state index is -0.820. The molecule has 0 spiro atoms. The van der Waals surface area contributed by atoms with E-state index in [1.807, 2.05) is 108 Å². The van der Waals surface area contributed by atoms with Gasteiger partial charge in [0.05, 0.1) is 56.5 Å². The Morgan fingerprint density at radius 1 is 0.483 bits per heavy atom. The molecule has 19 nitrogen and oxygen atoms in total. The summed E-state index contributed by atoms with van der Waals surface area (Å²) in [4.78, 5) is 126. The maximum absolute atomic E-state index is 13.4. The van der Waals surface area contributed by atoms with Crippen LogP contribution in [0.5, 0.6) is 0 Å². The van der Waals surface area contributed by atoms with Crippen LogP contribution in [0, 0.1) is 38.4 Å². The summed E-state index contributed by atoms with van der Waals surface area (Å²) in [5.74, 6) is -4.70. The molecule has 436 valence electrons. The Morgan fingerprint density at radius 2 is 0.839 bits per heavy atom. The van der Waals surface area contributed by atoms with Gasteiger partial charge in [-0.15, -0.1) is 0 Å². The number of Topliss-reactive ketones (excluding diaryl/α,β-unsaturated/α-hetero) is 9. The number of nitrogens with two attached hydrogens (primary N) is 2. The number of nitrogens with one attached hydrogen (secondary N) is 2. The lowest BCUT2D eigenvalue weighted by molar-refractivity contribution is -0.122. The third-order valence-corrected chi connectivity index (χ3v) is 16.8. The molecule has 1 aromatic heterocycles. The number of hydrogen-bond acceptors (Lipinski definition) is 19. The zero-order valence-electron chi connectivity index (χ0n) is 48.3. The second kappa shape index (κ2) is 21.5. The van der Waals surface area contributed by atoms with E-state index in [0.29, 0.717) is 77.2 Å². The highest BCUT2D eigenvalue weighted by Gasteiger charge is 2.52. The van der Waals surface area contributed by atoms with Gasteiger partial charge in [-0.05, 0) is 45.1 Å². The van der Waals surface area contributed by atoms with Crippen molar-refractivity contribution in [3.05, 3.63) is 221 Å². The van der Waals surface area contributed by atoms with Crippen LogP contribution >= 0.6 is 0 Å². The molecule has 0 fully saturated rings. The fourth-order valence-electron chi connectivity index (χ4n) is 12.9. The number of carbonyl (C=O) groups is 9. The first-order valence-electron chi connectivity index (χ1n) is 28.0. The largest absolute Gasteiger partial charge is 0.457 e. The Kier molecular flexibility index (Phi) is 14.4. The molecular formula is C68H57N7O12. The van der Waals surface area contributed by atoms with E-state index in [1.165, 1.54) is 12.5 Å². The van der Waals surface area contributed by atoms with Gasteiger partial charge in [-0.1, -0.05) is 114 Å². The number of aromatic nitrogens is 2. The minimum Gasteiger partial charge on any atom is -0.457 e. The van der Waals surface area contributed by atoms with Gasteiger partial charge in [0.1, 0.15) is 29.3 Å². The average molecular weight is 1160 g/mol. The summed E-state index contributed by atoms with van der Waals surface area (Å²) >= 11 is 0. The van der Waals surface area contributed by atoms with E-state index in [1.54, 1.807) is 24.3 Å². The molecule has 3 unspecified atom stereocenters. The van der Waals surface area contributed by atoms with Gasteiger partial charge in [0, 0.05) is 91.6 Å². The van der Waals surface area contributed by atoms with Crippen LogP contribution in [0.3, 0.4) is 0 Å². The van der Waals surface area contributed by atoms with Crippen molar-refractivity contribution >= 4 is 64.5 Å². The lowest BCUT2D eigenvalue weighted by Crippen LogP contribution is -2.39. The topological polar surface area (TPSA) is 331 Å². The predicted molar refractivity (Wildman–Crippen MR) is 312 cm³/mol. The Bertz CT molecular complexity index is 4230. The Balaban J connectivity index is 0.000000135. The van der Waals surface area contributed by atoms with Gasteiger partial charge in [-0.3, -0.25) is 43.2 Å². The third kappa shape index (κ3) is 9.95. The maximum Gasteiger partial charge on any atom is 0.245 e. The summed E-state index contributed by atoms with van der Waals surface area (Å²) in [6, 6.07) is 27.0. The number of allylic oxidation sites excluding steroid dienone is 12. The van der Waals surface area contributed by atoms with Crippen molar-refractivity contribution in [1.29, 1.82) is 16.1 Å². The highest BCUT2D eigenvalue weighted by molar-refractivity contribution is 6.34. The standard InChI is InChI=1S/C23H19N3O4.C23H18N2O4.C22H20N2O4/c1-23(2)7-14(27)17-15(8-23)30-22-18(20(28)13(10-25)19(26)21(22)29)16(17)12-5-3-11(9-24)4-6-12;1-23(2)8-14(26)17-15(9-23)29-22-18(16(17)12-6-4-3-5-7-12)21(28)19-13(20(22)27)10-24-11-25-19;1-22(2)8-13(25)16-14(9-22)28-21-17(15(16)11-6-4-3-5-7-11)19(26)12(10-23)18(24)20(21)27/h3-6,10,16,25H,7-8,26H2,1-2H3;3-7,10-11,16H,8-9H2,1-2H3;3-7,10,15,23H,8-9,24H2,1-2H3. The zero-order chi connectivity index (χ0) is 62.3. The Hall–Kier alpha value is -10.5. The van der Waals surface area contributed by atoms with Crippen molar-refractivity contribution in [1.82, 2.24) is 9.97 Å². The first-order chi connectivity index (χ1) is 41.3. The second-order valence-electron chi connectivity index (χ2n) is 24.9. The third-order valence-electron chi connectivity index (χ3n) is 16.8. The van der Waals surface area contributed by atoms with Gasteiger partial charge in [0.2, 0.25) is 23.1 Å². The highest BCUT2D eigenvalue weighted by Crippen LogP contribution is 2.54. The molecule has 6 aliphatic carbocycles. The number of carbonyl (C=O) groups excluding carboxylic acids is 9. The molecule has 0 amide bonds. The smallest absolute Gasteiger partial charge is 0.245 e. The van der Waals surface area contributed by atoms with Crippen LogP contribution in [0.1, 0.15) is 141 Å². The number of nitrogens with zero attached hydrogens (tertiary/aromatic N) is 3. The van der Waals surface area contributed by atoms with Gasteiger partial charge in [-0.25, -0.2) is 9.97 Å². The summed E-state index contributed by atoms with van der Waals surface area (Å²) in [5, 5.41) is 24.2. The molecule has 0 saturated heterocycles. The molecular weight excluding hydrogens is 1110 g/mol. The van der Waals surface area contributed by atoms with Crippen molar-refractivity contribution in [2.24, 2.45) is 27.7 Å². The van der Waals surface area contributed by atoms with Crippen LogP contribution in [0.25, 0.3) is 0 Å². The lowest BCUT2D eigenvalue weighted by atomic mass is 9.68. The van der Waals surface area contributed by atoms with Crippen molar-refractivity contribution in [2.45, 2.75) is 97.8 Å². The van der Waals surface area contributed by atoms with Gasteiger partial charge in [0.25, 0.3) is 0 Å². The summed E-state index contributed by atoms with van der Waals surface area (Å²) < 4.78 is 17.8. The van der Waals surface area contributed by atoms with Crippen molar-refractivity contribution in [3.63, 3.8) is 0 Å². The van der Waals surface area contributed by atoms with Gasteiger partial charge in [0.15, 0.2) is 46.2 Å². The number of fused-ring (bicyclic) bond motifs is 1. The lowest BCUT2D eigenvalue weighted by Gasteiger charge is -2.39.